The van der Waals surface area contributed by atoms with Crippen LogP contribution in [0.1, 0.15) is 45.8 Å². The Morgan fingerprint density at radius 1 is 1.00 bits per heavy atom. The maximum absolute atomic E-state index is 11.4. The van der Waals surface area contributed by atoms with E-state index in [1.54, 1.807) is 26.2 Å². The van der Waals surface area contributed by atoms with Gasteiger partial charge in [-0.05, 0) is 62.1 Å². The molecule has 7 nitrogen and oxygen atoms in total. The molecule has 0 bridgehead atoms. The number of methoxy groups -OCH3 is 1. The van der Waals surface area contributed by atoms with Gasteiger partial charge in [-0.2, -0.15) is 0 Å². The Kier molecular flexibility index (Phi) is 8.41. The van der Waals surface area contributed by atoms with Crippen LogP contribution < -0.4 is 4.74 Å². The van der Waals surface area contributed by atoms with E-state index in [4.69, 9.17) is 18.6 Å². The molecule has 7 heteroatoms. The largest absolute Gasteiger partial charge is 0.497 e. The van der Waals surface area contributed by atoms with Crippen LogP contribution in [0.3, 0.4) is 0 Å². The van der Waals surface area contributed by atoms with Gasteiger partial charge in [0.15, 0.2) is 0 Å². The molecule has 0 fully saturated rings. The fourth-order valence-electron chi connectivity index (χ4n) is 3.33. The van der Waals surface area contributed by atoms with Crippen LogP contribution in [-0.2, 0) is 22.7 Å². The minimum atomic E-state index is -0.923. The number of aromatic carboxylic acids is 1. The normalized spacial score (nSPS) is 11.0. The van der Waals surface area contributed by atoms with Crippen molar-refractivity contribution in [2.24, 2.45) is 0 Å². The van der Waals surface area contributed by atoms with Crippen molar-refractivity contribution in [2.45, 2.75) is 39.9 Å². The standard InChI is InChI=1S/C25H29NO6/c1-17-7-6-8-20(23(17)25(27)28)15-30-13-4-5-14-31-16-22-18(2)32-24(26-22)19-9-11-21(29-3)12-10-19/h6-12H,4-5,13-16H2,1-3H3,(H,27,28). The summed E-state index contributed by atoms with van der Waals surface area (Å²) in [5.74, 6) is 1.17. The van der Waals surface area contributed by atoms with Crippen molar-refractivity contribution in [1.29, 1.82) is 0 Å². The van der Waals surface area contributed by atoms with E-state index in [1.807, 2.05) is 37.3 Å². The van der Waals surface area contributed by atoms with E-state index in [1.165, 1.54) is 0 Å². The number of benzene rings is 2. The minimum Gasteiger partial charge on any atom is -0.497 e. The highest BCUT2D eigenvalue weighted by Gasteiger charge is 2.13. The molecule has 1 aromatic heterocycles. The third-order valence-corrected chi connectivity index (χ3v) is 5.13. The lowest BCUT2D eigenvalue weighted by molar-refractivity contribution is 0.0682. The van der Waals surface area contributed by atoms with Gasteiger partial charge in [0.2, 0.25) is 5.89 Å². The average Bonchev–Trinajstić information content (AvgIpc) is 3.15. The third-order valence-electron chi connectivity index (χ3n) is 5.13. The van der Waals surface area contributed by atoms with E-state index in [0.29, 0.717) is 36.8 Å². The number of nitrogens with zero attached hydrogens (tertiary/aromatic N) is 1. The van der Waals surface area contributed by atoms with Crippen molar-refractivity contribution < 1.29 is 28.5 Å². The monoisotopic (exact) mass is 439 g/mol. The number of rotatable bonds is 12. The number of carbonyl (C=O) groups is 1. The van der Waals surface area contributed by atoms with Crippen molar-refractivity contribution in [3.63, 3.8) is 0 Å². The zero-order valence-electron chi connectivity index (χ0n) is 18.7. The van der Waals surface area contributed by atoms with Crippen LogP contribution in [0.5, 0.6) is 5.75 Å². The van der Waals surface area contributed by atoms with Crippen LogP contribution in [0.25, 0.3) is 11.5 Å². The van der Waals surface area contributed by atoms with Crippen LogP contribution >= 0.6 is 0 Å². The fourth-order valence-corrected chi connectivity index (χ4v) is 3.33. The van der Waals surface area contributed by atoms with Gasteiger partial charge in [-0.15, -0.1) is 0 Å². The minimum absolute atomic E-state index is 0.288. The first kappa shape index (κ1) is 23.5. The summed E-state index contributed by atoms with van der Waals surface area (Å²) in [5, 5.41) is 9.36. The number of carboxylic acid groups (broad SMARTS) is 1. The Balaban J connectivity index is 1.36. The van der Waals surface area contributed by atoms with Gasteiger partial charge in [0.25, 0.3) is 0 Å². The summed E-state index contributed by atoms with van der Waals surface area (Å²) in [4.78, 5) is 16.0. The van der Waals surface area contributed by atoms with Crippen molar-refractivity contribution in [2.75, 3.05) is 20.3 Å². The van der Waals surface area contributed by atoms with Crippen LogP contribution in [0.15, 0.2) is 46.9 Å². The van der Waals surface area contributed by atoms with E-state index in [0.717, 1.165) is 41.2 Å². The fraction of sp³-hybridized carbons (Fsp3) is 0.360. The summed E-state index contributed by atoms with van der Waals surface area (Å²) in [5.41, 5.74) is 3.44. The molecule has 3 aromatic rings. The predicted molar refractivity (Wildman–Crippen MR) is 120 cm³/mol. The molecule has 2 aromatic carbocycles. The van der Waals surface area contributed by atoms with Crippen LogP contribution in [-0.4, -0.2) is 36.4 Å². The lowest BCUT2D eigenvalue weighted by Crippen LogP contribution is -2.07. The summed E-state index contributed by atoms with van der Waals surface area (Å²) >= 11 is 0. The number of aryl methyl sites for hydroxylation is 2. The molecule has 3 rings (SSSR count). The second-order valence-electron chi connectivity index (χ2n) is 7.48. The lowest BCUT2D eigenvalue weighted by Gasteiger charge is -2.09. The molecule has 0 spiro atoms. The molecule has 0 aliphatic carbocycles. The third kappa shape index (κ3) is 6.18. The average molecular weight is 440 g/mol. The molecular weight excluding hydrogens is 410 g/mol. The highest BCUT2D eigenvalue weighted by atomic mass is 16.5. The Bertz CT molecular complexity index is 1030. The summed E-state index contributed by atoms with van der Waals surface area (Å²) in [6, 6.07) is 13.0. The molecule has 1 N–H and O–H groups in total. The molecular formula is C25H29NO6. The first-order valence-electron chi connectivity index (χ1n) is 10.6. The molecule has 170 valence electrons. The number of unbranched alkanes of at least 4 members (excludes halogenated alkanes) is 1. The van der Waals surface area contributed by atoms with Crippen molar-refractivity contribution in [3.05, 3.63) is 70.6 Å². The van der Waals surface area contributed by atoms with Crippen LogP contribution in [0.4, 0.5) is 0 Å². The number of oxazole rings is 1. The van der Waals surface area contributed by atoms with E-state index in [2.05, 4.69) is 4.98 Å². The Morgan fingerprint density at radius 3 is 2.34 bits per heavy atom. The molecule has 1 heterocycles. The lowest BCUT2D eigenvalue weighted by atomic mass is 10.0. The smallest absolute Gasteiger partial charge is 0.336 e. The van der Waals surface area contributed by atoms with Gasteiger partial charge < -0.3 is 23.7 Å². The second kappa shape index (κ2) is 11.5. The molecule has 0 saturated heterocycles. The summed E-state index contributed by atoms with van der Waals surface area (Å²) in [7, 11) is 1.63. The quantitative estimate of drug-likeness (QED) is 0.389. The van der Waals surface area contributed by atoms with E-state index >= 15 is 0 Å². The van der Waals surface area contributed by atoms with Gasteiger partial charge >= 0.3 is 5.97 Å². The van der Waals surface area contributed by atoms with Gasteiger partial charge in [0.05, 0.1) is 25.9 Å². The zero-order chi connectivity index (χ0) is 22.9. The summed E-state index contributed by atoms with van der Waals surface area (Å²) < 4.78 is 22.3. The first-order valence-corrected chi connectivity index (χ1v) is 10.6. The molecule has 0 radical (unpaired) electrons. The summed E-state index contributed by atoms with van der Waals surface area (Å²) in [6.45, 7) is 5.47. The zero-order valence-corrected chi connectivity index (χ0v) is 18.7. The number of aromatic nitrogens is 1. The molecule has 0 aliphatic rings. The topological polar surface area (TPSA) is 91.0 Å². The Labute approximate surface area is 188 Å². The first-order chi connectivity index (χ1) is 15.5. The maximum atomic E-state index is 11.4. The molecule has 0 saturated carbocycles. The second-order valence-corrected chi connectivity index (χ2v) is 7.48. The highest BCUT2D eigenvalue weighted by Crippen LogP contribution is 2.24. The van der Waals surface area contributed by atoms with Gasteiger partial charge in [-0.1, -0.05) is 18.2 Å². The molecule has 0 aliphatic heterocycles. The molecule has 0 amide bonds. The van der Waals surface area contributed by atoms with Crippen LogP contribution in [0, 0.1) is 13.8 Å². The van der Waals surface area contributed by atoms with E-state index in [9.17, 15) is 9.90 Å². The number of hydrogen-bond acceptors (Lipinski definition) is 6. The van der Waals surface area contributed by atoms with Crippen molar-refractivity contribution in [3.8, 4) is 17.2 Å². The number of hydrogen-bond donors (Lipinski definition) is 1. The van der Waals surface area contributed by atoms with Crippen molar-refractivity contribution in [1.82, 2.24) is 4.98 Å². The SMILES string of the molecule is COc1ccc(-c2nc(COCCCCOCc3cccc(C)c3C(=O)O)c(C)o2)cc1. The highest BCUT2D eigenvalue weighted by molar-refractivity contribution is 5.91. The van der Waals surface area contributed by atoms with Gasteiger partial charge in [0, 0.05) is 18.8 Å². The maximum Gasteiger partial charge on any atom is 0.336 e. The van der Waals surface area contributed by atoms with Gasteiger partial charge in [-0.3, -0.25) is 0 Å². The Hall–Kier alpha value is -3.16. The molecule has 32 heavy (non-hydrogen) atoms. The number of ether oxygens (including phenoxy) is 3. The Morgan fingerprint density at radius 2 is 1.69 bits per heavy atom. The summed E-state index contributed by atoms with van der Waals surface area (Å²) in [6.07, 6.45) is 1.66. The van der Waals surface area contributed by atoms with Crippen molar-refractivity contribution >= 4 is 5.97 Å². The van der Waals surface area contributed by atoms with Crippen LogP contribution in [0.2, 0.25) is 0 Å². The van der Waals surface area contributed by atoms with E-state index < -0.39 is 5.97 Å². The van der Waals surface area contributed by atoms with Gasteiger partial charge in [0.1, 0.15) is 17.2 Å². The van der Waals surface area contributed by atoms with Gasteiger partial charge in [-0.25, -0.2) is 9.78 Å². The van der Waals surface area contributed by atoms with E-state index in [-0.39, 0.29) is 6.61 Å². The molecule has 0 atom stereocenters. The molecule has 0 unspecified atom stereocenters. The predicted octanol–water partition coefficient (Wildman–Crippen LogP) is 5.18. The number of carboxylic acids is 1.